The van der Waals surface area contributed by atoms with Gasteiger partial charge < -0.3 is 0 Å². The number of para-hydroxylation sites is 1. The zero-order valence-electron chi connectivity index (χ0n) is 7.54. The standard InChI is InChI=1S/C9H9BrFNO2/c1-9(10,6-11)7-4-2-3-5-8(7)12(13)14/h2-5H,6H2,1H3. The molecule has 0 saturated heterocycles. The van der Waals surface area contributed by atoms with E-state index in [9.17, 15) is 14.5 Å². The summed E-state index contributed by atoms with van der Waals surface area (Å²) in [7, 11) is 0. The Morgan fingerprint density at radius 3 is 2.64 bits per heavy atom. The number of nitrogens with zero attached hydrogens (tertiary/aromatic N) is 1. The van der Waals surface area contributed by atoms with Crippen LogP contribution in [0.25, 0.3) is 0 Å². The maximum absolute atomic E-state index is 12.6. The van der Waals surface area contributed by atoms with Crippen LogP contribution in [0.5, 0.6) is 0 Å². The SMILES string of the molecule is CC(Br)(CF)c1ccccc1[N+](=O)[O-]. The Kier molecular flexibility index (Phi) is 3.21. The van der Waals surface area contributed by atoms with E-state index in [1.165, 1.54) is 6.07 Å². The molecule has 0 spiro atoms. The number of hydrogen-bond donors (Lipinski definition) is 0. The first-order chi connectivity index (χ1) is 6.49. The summed E-state index contributed by atoms with van der Waals surface area (Å²) in [6, 6.07) is 6.12. The number of nitro groups is 1. The van der Waals surface area contributed by atoms with Crippen LogP contribution in [-0.4, -0.2) is 11.6 Å². The average Bonchev–Trinajstić information content (AvgIpc) is 2.18. The first-order valence-electron chi connectivity index (χ1n) is 3.98. The van der Waals surface area contributed by atoms with Gasteiger partial charge >= 0.3 is 0 Å². The van der Waals surface area contributed by atoms with Gasteiger partial charge in [0.25, 0.3) is 5.69 Å². The third-order valence-electron chi connectivity index (χ3n) is 1.91. The van der Waals surface area contributed by atoms with Gasteiger partial charge in [-0.25, -0.2) is 4.39 Å². The van der Waals surface area contributed by atoms with Crippen LogP contribution in [0, 0.1) is 10.1 Å². The van der Waals surface area contributed by atoms with Crippen molar-refractivity contribution >= 4 is 21.6 Å². The van der Waals surface area contributed by atoms with E-state index in [0.717, 1.165) is 0 Å². The van der Waals surface area contributed by atoms with Gasteiger partial charge in [-0.2, -0.15) is 0 Å². The summed E-state index contributed by atoms with van der Waals surface area (Å²) in [6.07, 6.45) is 0. The molecule has 0 aliphatic heterocycles. The van der Waals surface area contributed by atoms with Crippen molar-refractivity contribution in [2.75, 3.05) is 6.67 Å². The molecule has 0 heterocycles. The molecule has 1 aromatic carbocycles. The molecule has 0 N–H and O–H groups in total. The van der Waals surface area contributed by atoms with Gasteiger partial charge in [0.1, 0.15) is 6.67 Å². The topological polar surface area (TPSA) is 43.1 Å². The largest absolute Gasteiger partial charge is 0.274 e. The first kappa shape index (κ1) is 11.1. The Morgan fingerprint density at radius 2 is 2.14 bits per heavy atom. The van der Waals surface area contributed by atoms with Gasteiger partial charge in [0.2, 0.25) is 0 Å². The Hall–Kier alpha value is -0.970. The van der Waals surface area contributed by atoms with E-state index in [1.807, 2.05) is 0 Å². The molecule has 1 atom stereocenters. The predicted octanol–water partition coefficient (Wildman–Crippen LogP) is 3.17. The van der Waals surface area contributed by atoms with E-state index in [0.29, 0.717) is 5.56 Å². The van der Waals surface area contributed by atoms with E-state index in [4.69, 9.17) is 0 Å². The summed E-state index contributed by atoms with van der Waals surface area (Å²) >= 11 is 3.13. The fourth-order valence-corrected chi connectivity index (χ4v) is 1.48. The Labute approximate surface area is 89.2 Å². The van der Waals surface area contributed by atoms with Crippen molar-refractivity contribution in [3.63, 3.8) is 0 Å². The van der Waals surface area contributed by atoms with Gasteiger partial charge in [-0.3, -0.25) is 10.1 Å². The van der Waals surface area contributed by atoms with E-state index < -0.39 is 15.9 Å². The lowest BCUT2D eigenvalue weighted by Crippen LogP contribution is -2.17. The highest BCUT2D eigenvalue weighted by atomic mass is 79.9. The highest BCUT2D eigenvalue weighted by molar-refractivity contribution is 9.09. The van der Waals surface area contributed by atoms with Crippen molar-refractivity contribution in [3.05, 3.63) is 39.9 Å². The maximum Gasteiger partial charge on any atom is 0.274 e. The minimum Gasteiger partial charge on any atom is -0.258 e. The summed E-state index contributed by atoms with van der Waals surface area (Å²) in [4.78, 5) is 10.1. The molecule has 0 aliphatic carbocycles. The van der Waals surface area contributed by atoms with Crippen LogP contribution in [0.1, 0.15) is 12.5 Å². The van der Waals surface area contributed by atoms with Crippen LogP contribution in [-0.2, 0) is 4.32 Å². The molecule has 76 valence electrons. The Bertz CT molecular complexity index is 354. The van der Waals surface area contributed by atoms with Crippen LogP contribution < -0.4 is 0 Å². The van der Waals surface area contributed by atoms with Gasteiger partial charge in [0, 0.05) is 11.6 Å². The molecule has 0 amide bonds. The Balaban J connectivity index is 3.27. The fraction of sp³-hybridized carbons (Fsp3) is 0.333. The van der Waals surface area contributed by atoms with Crippen molar-refractivity contribution in [1.82, 2.24) is 0 Å². The molecule has 0 fully saturated rings. The quantitative estimate of drug-likeness (QED) is 0.477. The number of alkyl halides is 2. The van der Waals surface area contributed by atoms with Gasteiger partial charge in [0.05, 0.1) is 9.25 Å². The van der Waals surface area contributed by atoms with Crippen molar-refractivity contribution in [1.29, 1.82) is 0 Å². The van der Waals surface area contributed by atoms with E-state index in [-0.39, 0.29) is 5.69 Å². The van der Waals surface area contributed by atoms with Gasteiger partial charge in [-0.1, -0.05) is 34.1 Å². The fourth-order valence-electron chi connectivity index (χ4n) is 1.15. The van der Waals surface area contributed by atoms with Gasteiger partial charge in [0.15, 0.2) is 0 Å². The molecular formula is C9H9BrFNO2. The number of benzene rings is 1. The lowest BCUT2D eigenvalue weighted by Gasteiger charge is -2.18. The first-order valence-corrected chi connectivity index (χ1v) is 4.77. The molecule has 1 unspecified atom stereocenters. The zero-order valence-corrected chi connectivity index (χ0v) is 9.12. The van der Waals surface area contributed by atoms with E-state index in [2.05, 4.69) is 15.9 Å². The summed E-state index contributed by atoms with van der Waals surface area (Å²) in [5.41, 5.74) is 0.289. The smallest absolute Gasteiger partial charge is 0.258 e. The molecule has 0 radical (unpaired) electrons. The molecule has 0 aromatic heterocycles. The minimum atomic E-state index is -0.989. The minimum absolute atomic E-state index is 0.0653. The number of halogens is 2. The summed E-state index contributed by atoms with van der Waals surface area (Å²) in [5.74, 6) is 0. The molecule has 3 nitrogen and oxygen atoms in total. The number of rotatable bonds is 3. The second kappa shape index (κ2) is 4.04. The molecule has 14 heavy (non-hydrogen) atoms. The van der Waals surface area contributed by atoms with Crippen molar-refractivity contribution in [2.24, 2.45) is 0 Å². The Morgan fingerprint density at radius 1 is 1.57 bits per heavy atom. The molecule has 0 bridgehead atoms. The van der Waals surface area contributed by atoms with Crippen LogP contribution >= 0.6 is 15.9 Å². The third-order valence-corrected chi connectivity index (χ3v) is 2.55. The predicted molar refractivity (Wildman–Crippen MR) is 55.4 cm³/mol. The average molecular weight is 262 g/mol. The zero-order chi connectivity index (χ0) is 10.8. The van der Waals surface area contributed by atoms with Crippen molar-refractivity contribution < 1.29 is 9.31 Å². The van der Waals surface area contributed by atoms with Crippen molar-refractivity contribution in [2.45, 2.75) is 11.2 Å². The molecule has 0 saturated carbocycles. The number of nitro benzene ring substituents is 1. The number of hydrogen-bond acceptors (Lipinski definition) is 2. The van der Waals surface area contributed by atoms with E-state index >= 15 is 0 Å². The lowest BCUT2D eigenvalue weighted by molar-refractivity contribution is -0.385. The normalized spacial score (nSPS) is 14.8. The molecule has 0 aliphatic rings. The monoisotopic (exact) mass is 261 g/mol. The van der Waals surface area contributed by atoms with E-state index in [1.54, 1.807) is 25.1 Å². The van der Waals surface area contributed by atoms with Crippen LogP contribution in [0.15, 0.2) is 24.3 Å². The summed E-state index contributed by atoms with van der Waals surface area (Å²) in [6.45, 7) is 0.868. The van der Waals surface area contributed by atoms with Crippen molar-refractivity contribution in [3.8, 4) is 0 Å². The maximum atomic E-state index is 12.6. The van der Waals surface area contributed by atoms with Crippen LogP contribution in [0.4, 0.5) is 10.1 Å². The van der Waals surface area contributed by atoms with Crippen LogP contribution in [0.3, 0.4) is 0 Å². The lowest BCUT2D eigenvalue weighted by atomic mass is 10.0. The third kappa shape index (κ3) is 2.09. The van der Waals surface area contributed by atoms with Gasteiger partial charge in [-0.05, 0) is 6.92 Å². The van der Waals surface area contributed by atoms with Gasteiger partial charge in [-0.15, -0.1) is 0 Å². The molecular weight excluding hydrogens is 253 g/mol. The molecule has 1 aromatic rings. The summed E-state index contributed by atoms with van der Waals surface area (Å²) < 4.78 is 11.6. The highest BCUT2D eigenvalue weighted by Gasteiger charge is 2.30. The summed E-state index contributed by atoms with van der Waals surface area (Å²) in [5, 5.41) is 10.6. The highest BCUT2D eigenvalue weighted by Crippen LogP contribution is 2.36. The molecule has 5 heteroatoms. The second-order valence-corrected chi connectivity index (χ2v) is 4.86. The van der Waals surface area contributed by atoms with Crippen LogP contribution in [0.2, 0.25) is 0 Å². The molecule has 1 rings (SSSR count). The second-order valence-electron chi connectivity index (χ2n) is 3.11.